The summed E-state index contributed by atoms with van der Waals surface area (Å²) in [6.45, 7) is 2.69. The summed E-state index contributed by atoms with van der Waals surface area (Å²) >= 11 is 6.02. The average molecular weight is 507 g/mol. The largest absolute Gasteiger partial charge is 0.493 e. The topological polar surface area (TPSA) is 68.3 Å². The number of rotatable bonds is 8. The Balaban J connectivity index is 1.54. The van der Waals surface area contributed by atoms with Crippen LogP contribution in [0.4, 0.5) is 11.4 Å². The maximum absolute atomic E-state index is 13.7. The van der Waals surface area contributed by atoms with Gasteiger partial charge in [0, 0.05) is 5.02 Å². The molecule has 2 aliphatic heterocycles. The number of methoxy groups -OCH3 is 1. The molecule has 7 nitrogen and oxygen atoms in total. The summed E-state index contributed by atoms with van der Waals surface area (Å²) in [6.07, 6.45) is 1.00. The van der Waals surface area contributed by atoms with Gasteiger partial charge in [-0.15, -0.1) is 0 Å². The highest BCUT2D eigenvalue weighted by Gasteiger charge is 2.60. The summed E-state index contributed by atoms with van der Waals surface area (Å²) in [5.41, 5.74) is 2.00. The molecule has 2 aliphatic rings. The number of nitrogens with zero attached hydrogens (tertiary/aromatic N) is 2. The predicted octanol–water partition coefficient (Wildman–Crippen LogP) is 5.58. The smallest absolute Gasteiger partial charge is 0.266 e. The van der Waals surface area contributed by atoms with Crippen LogP contribution < -0.4 is 19.4 Å². The second-order valence-electron chi connectivity index (χ2n) is 8.76. The van der Waals surface area contributed by atoms with Crippen LogP contribution >= 0.6 is 11.6 Å². The molecule has 36 heavy (non-hydrogen) atoms. The number of hydrogen-bond donors (Lipinski definition) is 0. The molecule has 5 rings (SSSR count). The molecule has 3 aromatic rings. The van der Waals surface area contributed by atoms with E-state index in [0.29, 0.717) is 28.8 Å². The van der Waals surface area contributed by atoms with E-state index in [0.717, 1.165) is 24.1 Å². The second kappa shape index (κ2) is 10.2. The summed E-state index contributed by atoms with van der Waals surface area (Å²) in [5.74, 6) is -0.274. The van der Waals surface area contributed by atoms with Crippen molar-refractivity contribution < 1.29 is 23.9 Å². The third-order valence-electron chi connectivity index (χ3n) is 6.50. The molecule has 0 spiro atoms. The zero-order valence-corrected chi connectivity index (χ0v) is 20.9. The van der Waals surface area contributed by atoms with Crippen molar-refractivity contribution in [2.75, 3.05) is 23.7 Å². The summed E-state index contributed by atoms with van der Waals surface area (Å²) in [4.78, 5) is 34.6. The number of carbonyl (C=O) groups excluding carboxylic acids is 2. The number of imide groups is 1. The molecular formula is C28H27ClN2O5. The van der Waals surface area contributed by atoms with Crippen molar-refractivity contribution in [2.45, 2.75) is 31.9 Å². The Hall–Kier alpha value is -3.55. The highest BCUT2D eigenvalue weighted by molar-refractivity contribution is 6.31. The van der Waals surface area contributed by atoms with Crippen LogP contribution in [0.15, 0.2) is 72.8 Å². The van der Waals surface area contributed by atoms with Crippen LogP contribution in [0.2, 0.25) is 5.02 Å². The van der Waals surface area contributed by atoms with Crippen LogP contribution in [-0.4, -0.2) is 31.6 Å². The molecule has 2 fully saturated rings. The van der Waals surface area contributed by atoms with Crippen LogP contribution in [0.3, 0.4) is 0 Å². The number of fused-ring (bicyclic) bond motifs is 1. The Bertz CT molecular complexity index is 1250. The lowest BCUT2D eigenvalue weighted by molar-refractivity contribution is -0.126. The van der Waals surface area contributed by atoms with Crippen LogP contribution in [0.1, 0.15) is 31.4 Å². The highest BCUT2D eigenvalue weighted by Crippen LogP contribution is 2.48. The number of para-hydroxylation sites is 1. The lowest BCUT2D eigenvalue weighted by Crippen LogP contribution is -2.37. The molecule has 0 saturated carbocycles. The molecule has 0 unspecified atom stereocenters. The normalized spacial score (nSPS) is 21.1. The first-order valence-corrected chi connectivity index (χ1v) is 12.4. The van der Waals surface area contributed by atoms with Crippen molar-refractivity contribution in [1.82, 2.24) is 0 Å². The molecule has 8 heteroatoms. The molecule has 186 valence electrons. The van der Waals surface area contributed by atoms with Gasteiger partial charge in [0.05, 0.1) is 31.1 Å². The highest BCUT2D eigenvalue weighted by atomic mass is 35.5. The molecule has 3 aromatic carbocycles. The van der Waals surface area contributed by atoms with Gasteiger partial charge in [-0.1, -0.05) is 49.2 Å². The van der Waals surface area contributed by atoms with Gasteiger partial charge in [-0.2, -0.15) is 0 Å². The van der Waals surface area contributed by atoms with Gasteiger partial charge in [0.25, 0.3) is 5.91 Å². The first-order valence-electron chi connectivity index (χ1n) is 12.0. The molecule has 0 radical (unpaired) electrons. The van der Waals surface area contributed by atoms with E-state index in [-0.39, 0.29) is 5.91 Å². The molecule has 2 amide bonds. The number of hydrogen-bond acceptors (Lipinski definition) is 6. The van der Waals surface area contributed by atoms with Crippen molar-refractivity contribution in [1.29, 1.82) is 0 Å². The summed E-state index contributed by atoms with van der Waals surface area (Å²) < 4.78 is 11.5. The van der Waals surface area contributed by atoms with Crippen molar-refractivity contribution in [3.05, 3.63) is 83.4 Å². The number of amides is 2. The van der Waals surface area contributed by atoms with Crippen LogP contribution in [0.25, 0.3) is 0 Å². The maximum Gasteiger partial charge on any atom is 0.266 e. The van der Waals surface area contributed by atoms with E-state index in [4.69, 9.17) is 25.9 Å². The molecule has 0 aromatic heterocycles. The Kier molecular flexibility index (Phi) is 6.85. The van der Waals surface area contributed by atoms with Gasteiger partial charge in [-0.25, -0.2) is 9.96 Å². The lowest BCUT2D eigenvalue weighted by Gasteiger charge is -2.29. The van der Waals surface area contributed by atoms with Crippen LogP contribution in [0.5, 0.6) is 11.5 Å². The standard InChI is InChI=1S/C28H27ClN2O5/c1-3-4-16-35-22-15-10-18(17-23(22)34-2)25-24-26(36-31(25)21-8-6-5-7-9-21)28(33)30(27(24)32)20-13-11-19(29)12-14-20/h5-15,17,24-26H,3-4,16H2,1-2H3/t24-,25+,26-/m1/s1. The van der Waals surface area contributed by atoms with Crippen molar-refractivity contribution in [2.24, 2.45) is 5.92 Å². The van der Waals surface area contributed by atoms with E-state index in [1.807, 2.05) is 48.5 Å². The van der Waals surface area contributed by atoms with Crippen LogP contribution in [-0.2, 0) is 14.4 Å². The second-order valence-corrected chi connectivity index (χ2v) is 9.20. The Morgan fingerprint density at radius 2 is 1.67 bits per heavy atom. The monoisotopic (exact) mass is 506 g/mol. The summed E-state index contributed by atoms with van der Waals surface area (Å²) in [6, 6.07) is 21.1. The van der Waals surface area contributed by atoms with Gasteiger partial charge >= 0.3 is 0 Å². The van der Waals surface area contributed by atoms with Crippen LogP contribution in [0, 0.1) is 5.92 Å². The Morgan fingerprint density at radius 1 is 0.917 bits per heavy atom. The number of benzene rings is 3. The minimum Gasteiger partial charge on any atom is -0.493 e. The van der Waals surface area contributed by atoms with E-state index in [2.05, 4.69) is 6.92 Å². The summed E-state index contributed by atoms with van der Waals surface area (Å²) in [5, 5.41) is 2.19. The zero-order valence-electron chi connectivity index (χ0n) is 20.1. The number of halogens is 1. The van der Waals surface area contributed by atoms with Crippen molar-refractivity contribution in [3.8, 4) is 11.5 Å². The predicted molar refractivity (Wildman–Crippen MR) is 137 cm³/mol. The van der Waals surface area contributed by atoms with Crippen molar-refractivity contribution in [3.63, 3.8) is 0 Å². The molecule has 2 saturated heterocycles. The van der Waals surface area contributed by atoms with Gasteiger partial charge in [0.2, 0.25) is 5.91 Å². The quantitative estimate of drug-likeness (QED) is 0.293. The fourth-order valence-electron chi connectivity index (χ4n) is 4.71. The van der Waals surface area contributed by atoms with E-state index < -0.39 is 24.0 Å². The lowest BCUT2D eigenvalue weighted by atomic mass is 9.90. The minimum atomic E-state index is -0.954. The number of hydroxylamine groups is 1. The Labute approximate surface area is 215 Å². The molecule has 0 aliphatic carbocycles. The van der Waals surface area contributed by atoms with Gasteiger partial charge in [0.1, 0.15) is 5.92 Å². The maximum atomic E-state index is 13.7. The number of anilines is 2. The number of unbranched alkanes of at least 4 members (excludes halogenated alkanes) is 1. The summed E-state index contributed by atoms with van der Waals surface area (Å²) in [7, 11) is 1.58. The molecule has 2 heterocycles. The molecule has 0 N–H and O–H groups in total. The van der Waals surface area contributed by atoms with E-state index >= 15 is 0 Å². The number of carbonyl (C=O) groups is 2. The molecule has 3 atom stereocenters. The van der Waals surface area contributed by atoms with E-state index in [9.17, 15) is 9.59 Å². The van der Waals surface area contributed by atoms with Crippen molar-refractivity contribution >= 4 is 34.8 Å². The van der Waals surface area contributed by atoms with Gasteiger partial charge in [0.15, 0.2) is 17.6 Å². The third-order valence-corrected chi connectivity index (χ3v) is 6.75. The molecular weight excluding hydrogens is 480 g/mol. The van der Waals surface area contributed by atoms with Gasteiger partial charge in [-0.3, -0.25) is 14.4 Å². The fraction of sp³-hybridized carbons (Fsp3) is 0.286. The van der Waals surface area contributed by atoms with E-state index in [1.165, 1.54) is 4.90 Å². The Morgan fingerprint density at radius 3 is 2.36 bits per heavy atom. The zero-order chi connectivity index (χ0) is 25.2. The fourth-order valence-corrected chi connectivity index (χ4v) is 4.84. The number of ether oxygens (including phenoxy) is 2. The average Bonchev–Trinajstić information content (AvgIpc) is 3.41. The SMILES string of the molecule is CCCCOc1ccc([C@H]2[C@H]3C(=O)N(c4ccc(Cl)cc4)C(=O)[C@@H]3ON2c2ccccc2)cc1OC. The first kappa shape index (κ1) is 24.2. The van der Waals surface area contributed by atoms with E-state index in [1.54, 1.807) is 36.4 Å². The van der Waals surface area contributed by atoms with Gasteiger partial charge in [-0.05, 0) is 60.5 Å². The van der Waals surface area contributed by atoms with Gasteiger partial charge < -0.3 is 9.47 Å². The molecule has 0 bridgehead atoms. The third kappa shape index (κ3) is 4.29. The minimum absolute atomic E-state index is 0.321. The first-order chi connectivity index (χ1) is 17.5.